The minimum Gasteiger partial charge on any atom is -0.334 e. The molecular weight excluding hydrogens is 266 g/mol. The van der Waals surface area contributed by atoms with E-state index in [2.05, 4.69) is 30.3 Å². The maximum Gasteiger partial charge on any atom is 0.103 e. The largest absolute Gasteiger partial charge is 0.334 e. The minimum atomic E-state index is 0.609. The van der Waals surface area contributed by atoms with E-state index in [9.17, 15) is 0 Å². The summed E-state index contributed by atoms with van der Waals surface area (Å²) in [5.41, 5.74) is 1.14. The van der Waals surface area contributed by atoms with Gasteiger partial charge in [0.25, 0.3) is 0 Å². The van der Waals surface area contributed by atoms with Crippen molar-refractivity contribution in [3.63, 3.8) is 0 Å². The van der Waals surface area contributed by atoms with E-state index in [1.54, 1.807) is 4.90 Å². The molecule has 1 aliphatic heterocycles. The summed E-state index contributed by atoms with van der Waals surface area (Å²) in [5, 5.41) is 9.95. The number of fused-ring (bicyclic) bond motifs is 1. The lowest BCUT2D eigenvalue weighted by atomic mass is 9.98. The van der Waals surface area contributed by atoms with E-state index in [1.807, 2.05) is 11.3 Å². The van der Waals surface area contributed by atoms with E-state index in [-0.39, 0.29) is 0 Å². The van der Waals surface area contributed by atoms with Crippen LogP contribution in [0.4, 0.5) is 0 Å². The van der Waals surface area contributed by atoms with Gasteiger partial charge in [-0.25, -0.2) is 4.98 Å². The van der Waals surface area contributed by atoms with Crippen molar-refractivity contribution in [3.05, 3.63) is 29.3 Å². The summed E-state index contributed by atoms with van der Waals surface area (Å²) in [7, 11) is 0. The Hall–Kier alpha value is -1.44. The molecular formula is C16H20N3S+. The van der Waals surface area contributed by atoms with Gasteiger partial charge in [-0.2, -0.15) is 5.26 Å². The van der Waals surface area contributed by atoms with Gasteiger partial charge in [0.2, 0.25) is 0 Å². The number of benzene rings is 1. The van der Waals surface area contributed by atoms with E-state index in [0.29, 0.717) is 12.3 Å². The van der Waals surface area contributed by atoms with Crippen molar-refractivity contribution in [2.24, 2.45) is 0 Å². The van der Waals surface area contributed by atoms with Crippen LogP contribution in [0.25, 0.3) is 10.2 Å². The zero-order valence-corrected chi connectivity index (χ0v) is 12.5. The smallest absolute Gasteiger partial charge is 0.103 e. The first-order valence-electron chi connectivity index (χ1n) is 7.43. The second kappa shape index (κ2) is 6.34. The Morgan fingerprint density at radius 3 is 3.15 bits per heavy atom. The summed E-state index contributed by atoms with van der Waals surface area (Å²) in [6, 6.07) is 10.7. The third-order valence-electron chi connectivity index (χ3n) is 4.10. The molecule has 1 unspecified atom stereocenters. The average Bonchev–Trinajstić information content (AvgIpc) is 2.92. The molecule has 1 aromatic heterocycles. The highest BCUT2D eigenvalue weighted by Crippen LogP contribution is 2.30. The summed E-state index contributed by atoms with van der Waals surface area (Å²) in [4.78, 5) is 6.47. The second-order valence-corrected chi connectivity index (χ2v) is 6.64. The van der Waals surface area contributed by atoms with Crippen LogP contribution in [0, 0.1) is 11.3 Å². The number of piperidine rings is 1. The summed E-state index contributed by atoms with van der Waals surface area (Å²) >= 11 is 1.86. The lowest BCUT2D eigenvalue weighted by molar-refractivity contribution is -0.906. The van der Waals surface area contributed by atoms with E-state index in [4.69, 9.17) is 10.2 Å². The molecule has 0 amide bonds. The van der Waals surface area contributed by atoms with Crippen molar-refractivity contribution in [3.8, 4) is 6.07 Å². The number of quaternary nitrogens is 1. The van der Waals surface area contributed by atoms with Gasteiger partial charge >= 0.3 is 0 Å². The van der Waals surface area contributed by atoms with Crippen molar-refractivity contribution in [1.82, 2.24) is 4.98 Å². The molecule has 1 aromatic carbocycles. The zero-order chi connectivity index (χ0) is 13.8. The molecule has 1 fully saturated rings. The molecule has 0 saturated carbocycles. The van der Waals surface area contributed by atoms with Crippen molar-refractivity contribution >= 4 is 21.6 Å². The van der Waals surface area contributed by atoms with Gasteiger partial charge in [0.15, 0.2) is 0 Å². The van der Waals surface area contributed by atoms with Crippen LogP contribution < -0.4 is 4.90 Å². The topological polar surface area (TPSA) is 41.1 Å². The molecule has 0 bridgehead atoms. The molecule has 2 atom stereocenters. The van der Waals surface area contributed by atoms with Crippen LogP contribution in [0.15, 0.2) is 24.3 Å². The van der Waals surface area contributed by atoms with E-state index < -0.39 is 0 Å². The number of hydrogen-bond donors (Lipinski definition) is 1. The second-order valence-electron chi connectivity index (χ2n) is 5.57. The number of nitriles is 1. The van der Waals surface area contributed by atoms with E-state index >= 15 is 0 Å². The first-order valence-corrected chi connectivity index (χ1v) is 8.24. The van der Waals surface area contributed by atoms with Gasteiger partial charge in [0.05, 0.1) is 41.8 Å². The van der Waals surface area contributed by atoms with Gasteiger partial charge in [-0.3, -0.25) is 0 Å². The van der Waals surface area contributed by atoms with Crippen LogP contribution in [-0.2, 0) is 0 Å². The molecule has 1 aliphatic rings. The molecule has 2 aromatic rings. The number of para-hydroxylation sites is 1. The molecule has 0 radical (unpaired) electrons. The molecule has 2 heterocycles. The fourth-order valence-corrected chi connectivity index (χ4v) is 4.17. The van der Waals surface area contributed by atoms with Crippen LogP contribution in [-0.4, -0.2) is 24.6 Å². The maximum atomic E-state index is 8.64. The molecule has 0 aliphatic carbocycles. The van der Waals surface area contributed by atoms with Gasteiger partial charge in [-0.1, -0.05) is 12.1 Å². The Kier molecular flexibility index (Phi) is 4.29. The normalized spacial score (nSPS) is 22.8. The van der Waals surface area contributed by atoms with Crippen molar-refractivity contribution in [2.75, 3.05) is 19.6 Å². The molecule has 1 N–H and O–H groups in total. The monoisotopic (exact) mass is 286 g/mol. The van der Waals surface area contributed by atoms with Crippen molar-refractivity contribution in [2.45, 2.75) is 31.6 Å². The van der Waals surface area contributed by atoms with Gasteiger partial charge in [0, 0.05) is 12.8 Å². The molecule has 3 nitrogen and oxygen atoms in total. The maximum absolute atomic E-state index is 8.64. The molecule has 1 saturated heterocycles. The number of nitrogens with one attached hydrogen (secondary N) is 1. The fraction of sp³-hybridized carbons (Fsp3) is 0.500. The highest BCUT2D eigenvalue weighted by Gasteiger charge is 2.26. The lowest BCUT2D eigenvalue weighted by Gasteiger charge is -2.28. The predicted molar refractivity (Wildman–Crippen MR) is 82.0 cm³/mol. The zero-order valence-electron chi connectivity index (χ0n) is 11.6. The third kappa shape index (κ3) is 3.00. The van der Waals surface area contributed by atoms with Gasteiger partial charge in [-0.05, 0) is 25.0 Å². The molecule has 104 valence electrons. The molecule has 4 heteroatoms. The number of hydrogen-bond acceptors (Lipinski definition) is 3. The first kappa shape index (κ1) is 13.5. The highest BCUT2D eigenvalue weighted by molar-refractivity contribution is 7.18. The molecule has 20 heavy (non-hydrogen) atoms. The van der Waals surface area contributed by atoms with E-state index in [0.717, 1.165) is 18.5 Å². The molecule has 3 rings (SSSR count). The Morgan fingerprint density at radius 2 is 2.30 bits per heavy atom. The van der Waals surface area contributed by atoms with Gasteiger partial charge < -0.3 is 4.90 Å². The summed E-state index contributed by atoms with van der Waals surface area (Å²) in [6.07, 6.45) is 4.26. The fourth-order valence-electron chi connectivity index (χ4n) is 3.07. The van der Waals surface area contributed by atoms with Crippen LogP contribution >= 0.6 is 11.3 Å². The van der Waals surface area contributed by atoms with Gasteiger partial charge in [-0.15, -0.1) is 11.3 Å². The third-order valence-corrected chi connectivity index (χ3v) is 5.30. The van der Waals surface area contributed by atoms with Crippen molar-refractivity contribution in [1.29, 1.82) is 5.26 Å². The Labute approximate surface area is 123 Å². The number of likely N-dealkylation sites (tertiary alicyclic amines) is 1. The number of aromatic nitrogens is 1. The SMILES string of the molecule is N#CCCC[NH+]1CCC[C@H](c2nc3ccccc3s2)C1. The van der Waals surface area contributed by atoms with Crippen LogP contribution in [0.2, 0.25) is 0 Å². The quantitative estimate of drug-likeness (QED) is 0.877. The number of nitrogens with zero attached hydrogens (tertiary/aromatic N) is 2. The minimum absolute atomic E-state index is 0.609. The number of unbranched alkanes of at least 4 members (excludes halogenated alkanes) is 1. The highest BCUT2D eigenvalue weighted by atomic mass is 32.1. The first-order chi connectivity index (χ1) is 9.86. The Balaban J connectivity index is 1.68. The summed E-state index contributed by atoms with van der Waals surface area (Å²) in [6.45, 7) is 3.58. The van der Waals surface area contributed by atoms with Crippen LogP contribution in [0.3, 0.4) is 0 Å². The standard InChI is InChI=1S/C16H19N3S/c17-9-3-4-10-19-11-5-6-13(12-19)16-18-14-7-1-2-8-15(14)20-16/h1-2,7-8,13H,3-6,10-12H2/p+1/t13-/m0/s1. The van der Waals surface area contributed by atoms with E-state index in [1.165, 1.54) is 35.6 Å². The van der Waals surface area contributed by atoms with Crippen LogP contribution in [0.5, 0.6) is 0 Å². The Morgan fingerprint density at radius 1 is 1.40 bits per heavy atom. The lowest BCUT2D eigenvalue weighted by Crippen LogP contribution is -3.13. The van der Waals surface area contributed by atoms with Gasteiger partial charge in [0.1, 0.15) is 5.01 Å². The molecule has 0 spiro atoms. The summed E-state index contributed by atoms with van der Waals surface area (Å²) in [5.74, 6) is 0.609. The number of thiazole rings is 1. The Bertz CT molecular complexity index is 580. The summed E-state index contributed by atoms with van der Waals surface area (Å²) < 4.78 is 1.30. The average molecular weight is 286 g/mol. The van der Waals surface area contributed by atoms with Crippen LogP contribution in [0.1, 0.15) is 36.6 Å². The predicted octanol–water partition coefficient (Wildman–Crippen LogP) is 2.36. The number of rotatable bonds is 4. The van der Waals surface area contributed by atoms with Crippen molar-refractivity contribution < 1.29 is 4.90 Å².